The zero-order valence-electron chi connectivity index (χ0n) is 2.62. The van der Waals surface area contributed by atoms with E-state index in [9.17, 15) is 0 Å². The largest absolute Gasteiger partial charge is 2.00 e. The molecule has 0 atom stereocenters. The molecule has 0 bridgehead atoms. The smallest absolute Gasteiger partial charge is 0.709 e. The molecule has 0 aromatic rings. The quantitative estimate of drug-likeness (QED) is 0.369. The molecule has 0 saturated heterocycles. The van der Waals surface area contributed by atoms with E-state index in [4.69, 9.17) is 11.5 Å². The molecule has 0 aromatic carbocycles. The third-order valence-corrected chi connectivity index (χ3v) is 0. The topological polar surface area (TPSA) is 47.6 Å². The third kappa shape index (κ3) is 235. The van der Waals surface area contributed by atoms with Crippen molar-refractivity contribution in [3.8, 4) is 0 Å². The zero-order valence-corrected chi connectivity index (χ0v) is 6.40. The van der Waals surface area contributed by atoms with E-state index in [-0.39, 0.29) is 19.5 Å². The predicted octanol–water partition coefficient (Wildman–Crippen LogP) is 1.37. The summed E-state index contributed by atoms with van der Waals surface area (Å²) < 4.78 is 0. The van der Waals surface area contributed by atoms with Crippen LogP contribution in [0.4, 0.5) is 0 Å². The van der Waals surface area contributed by atoms with Crippen LogP contribution in [0.15, 0.2) is 0 Å². The summed E-state index contributed by atoms with van der Waals surface area (Å²) in [6.45, 7) is 0. The summed E-state index contributed by atoms with van der Waals surface area (Å²) >= 11 is 3.87. The summed E-state index contributed by atoms with van der Waals surface area (Å²) in [6.07, 6.45) is 0. The number of nitrogens with one attached hydrogen (secondary N) is 2. The van der Waals surface area contributed by atoms with Crippen molar-refractivity contribution >= 4 is 17.3 Å². The fraction of sp³-hybridized carbons (Fsp3) is 0. The molecule has 0 aliphatic carbocycles. The fourth-order valence-electron chi connectivity index (χ4n) is 0. The van der Waals surface area contributed by atoms with Crippen LogP contribution >= 0.6 is 12.2 Å². The van der Waals surface area contributed by atoms with Crippen LogP contribution in [0.25, 0.3) is 11.5 Å². The predicted molar refractivity (Wildman–Crippen MR) is 21.2 cm³/mol. The van der Waals surface area contributed by atoms with E-state index >= 15 is 0 Å². The Balaban J connectivity index is 0. The Morgan fingerprint density at radius 3 is 1.40 bits per heavy atom. The molecule has 0 saturated carbocycles. The molecule has 0 aromatic heterocycles. The summed E-state index contributed by atoms with van der Waals surface area (Å²) in [5.74, 6) is 0. The molecule has 5 heavy (non-hydrogen) atoms. The summed E-state index contributed by atoms with van der Waals surface area (Å²) in [7, 11) is 0. The average Bonchev–Trinajstić information content (AvgIpc) is 0.811. The van der Waals surface area contributed by atoms with Crippen molar-refractivity contribution in [1.82, 2.24) is 0 Å². The molecule has 0 fully saturated rings. The molecule has 0 heterocycles. The Kier molecular flexibility index (Phi) is 7.77. The monoisotopic (exact) mass is 138 g/mol. The van der Waals surface area contributed by atoms with Crippen molar-refractivity contribution in [2.45, 2.75) is 0 Å². The van der Waals surface area contributed by atoms with Gasteiger partial charge in [-0.3, -0.25) is 0 Å². The second-order valence-corrected chi connectivity index (χ2v) is 0.737. The molecule has 0 rings (SSSR count). The minimum atomic E-state index is -0.500. The summed E-state index contributed by atoms with van der Waals surface area (Å²) in [6, 6.07) is 0. The van der Waals surface area contributed by atoms with E-state index in [1.165, 1.54) is 0 Å². The molecular weight excluding hydrogens is 137 g/mol. The molecule has 0 amide bonds. The summed E-state index contributed by atoms with van der Waals surface area (Å²) in [4.78, 5) is 0. The summed E-state index contributed by atoms with van der Waals surface area (Å²) in [5, 5.41) is -0.500. The van der Waals surface area contributed by atoms with Crippen LogP contribution in [0.5, 0.6) is 0 Å². The van der Waals surface area contributed by atoms with Crippen LogP contribution in [-0.4, -0.2) is 5.11 Å². The maximum Gasteiger partial charge on any atom is 2.00 e. The van der Waals surface area contributed by atoms with Crippen LogP contribution in [0, 0.1) is 0 Å². The van der Waals surface area contributed by atoms with Gasteiger partial charge in [-0.15, -0.1) is 12.2 Å². The third-order valence-electron chi connectivity index (χ3n) is 0. The van der Waals surface area contributed by atoms with Crippen molar-refractivity contribution in [2.75, 3.05) is 0 Å². The first kappa shape index (κ1) is 9.00. The molecule has 2 N–H and O–H groups in total. The molecule has 24 valence electrons. The fourth-order valence-corrected chi connectivity index (χ4v) is 0. The van der Waals surface area contributed by atoms with Gasteiger partial charge < -0.3 is 11.5 Å². The van der Waals surface area contributed by atoms with Crippen LogP contribution in [-0.2, 0) is 19.5 Å². The molecule has 0 unspecified atom stereocenters. The summed E-state index contributed by atoms with van der Waals surface area (Å²) in [5.41, 5.74) is 12.0. The van der Waals surface area contributed by atoms with E-state index in [2.05, 4.69) is 12.2 Å². The minimum absolute atomic E-state index is 0. The zero-order chi connectivity index (χ0) is 3.58. The van der Waals surface area contributed by atoms with Gasteiger partial charge in [-0.2, -0.15) is 0 Å². The number of hydrogen-bond acceptors (Lipinski definition) is 1. The van der Waals surface area contributed by atoms with Crippen molar-refractivity contribution in [3.05, 3.63) is 11.5 Å². The molecule has 0 radical (unpaired) electrons. The number of hydrogen-bond donors (Lipinski definition) is 0. The van der Waals surface area contributed by atoms with Crippen LogP contribution in [0.2, 0.25) is 0 Å². The van der Waals surface area contributed by atoms with E-state index in [1.807, 2.05) is 0 Å². The van der Waals surface area contributed by atoms with Crippen LogP contribution < -0.4 is 0 Å². The molecular formula is CH2N2SZn. The number of rotatable bonds is 0. The van der Waals surface area contributed by atoms with Crippen molar-refractivity contribution in [1.29, 1.82) is 0 Å². The maximum absolute atomic E-state index is 5.98. The molecule has 0 aliphatic rings. The van der Waals surface area contributed by atoms with Gasteiger partial charge in [0.05, 0.1) is 0 Å². The van der Waals surface area contributed by atoms with E-state index < -0.39 is 5.11 Å². The van der Waals surface area contributed by atoms with Gasteiger partial charge in [-0.05, 0) is 0 Å². The van der Waals surface area contributed by atoms with Gasteiger partial charge in [0, 0.05) is 0 Å². The first-order valence-electron chi connectivity index (χ1n) is 0.704. The van der Waals surface area contributed by atoms with E-state index in [0.29, 0.717) is 0 Å². The van der Waals surface area contributed by atoms with Crippen molar-refractivity contribution < 1.29 is 19.5 Å². The van der Waals surface area contributed by atoms with Crippen LogP contribution in [0.3, 0.4) is 0 Å². The SMILES string of the molecule is [NH-]C([NH-])=S.[Zn+2]. The Morgan fingerprint density at radius 2 is 1.40 bits per heavy atom. The van der Waals surface area contributed by atoms with Gasteiger partial charge in [-0.25, -0.2) is 5.11 Å². The molecule has 2 nitrogen and oxygen atoms in total. The average molecular weight is 139 g/mol. The second-order valence-electron chi connectivity index (χ2n) is 0.329. The maximum atomic E-state index is 5.98. The molecule has 4 heteroatoms. The first-order valence-corrected chi connectivity index (χ1v) is 1.11. The normalized spacial score (nSPS) is 4.80. The molecule has 0 aliphatic heterocycles. The number of thiocarbonyl (C=S) groups is 1. The molecule has 0 spiro atoms. The Bertz CT molecular complexity index is 32.6. The second kappa shape index (κ2) is 4.31. The van der Waals surface area contributed by atoms with Gasteiger partial charge in [-0.1, -0.05) is 0 Å². The Hall–Kier alpha value is 0.313. The Morgan fingerprint density at radius 1 is 1.40 bits per heavy atom. The van der Waals surface area contributed by atoms with Gasteiger partial charge in [0.1, 0.15) is 0 Å². The van der Waals surface area contributed by atoms with Gasteiger partial charge in [0.15, 0.2) is 0 Å². The van der Waals surface area contributed by atoms with Crippen LogP contribution in [0.1, 0.15) is 0 Å². The van der Waals surface area contributed by atoms with E-state index in [1.54, 1.807) is 0 Å². The van der Waals surface area contributed by atoms with E-state index in [0.717, 1.165) is 0 Å². The van der Waals surface area contributed by atoms with Gasteiger partial charge in [0.25, 0.3) is 0 Å². The van der Waals surface area contributed by atoms with Gasteiger partial charge >= 0.3 is 19.5 Å². The first-order chi connectivity index (χ1) is 1.73. The van der Waals surface area contributed by atoms with Crippen molar-refractivity contribution in [2.24, 2.45) is 0 Å². The van der Waals surface area contributed by atoms with Gasteiger partial charge in [0.2, 0.25) is 0 Å². The standard InChI is InChI=1S/CH3N2S.Zn/c2-1(3)4;/h(H3-,2,3,4);/q-1;+2/p-1. The Labute approximate surface area is 48.7 Å². The minimum Gasteiger partial charge on any atom is -0.709 e. The van der Waals surface area contributed by atoms with Crippen molar-refractivity contribution in [3.63, 3.8) is 0 Å².